The molecule has 0 bridgehead atoms. The molecule has 11 heteroatoms. The number of carbonyl (C=O) groups excluding carboxylic acids is 1. The number of fused-ring (bicyclic) bond motifs is 1. The van der Waals surface area contributed by atoms with Crippen LogP contribution in [0, 0.1) is 5.82 Å². The molecular formula is C24H25FN4O4S2. The summed E-state index contributed by atoms with van der Waals surface area (Å²) in [5.41, 5.74) is 0.685. The minimum absolute atomic E-state index is 0.0216. The number of para-hydroxylation sites is 1. The molecule has 2 aromatic heterocycles. The molecule has 1 amide bonds. The molecular weight excluding hydrogens is 491 g/mol. The van der Waals surface area contributed by atoms with Gasteiger partial charge in [0.25, 0.3) is 0 Å². The Labute approximate surface area is 206 Å². The molecule has 0 saturated heterocycles. The standard InChI is InChI=1S/C24H25FN4O4S2/c1-2-33-20-6-3-7-21-23(20)27-24(34-21)29(16-15-28-14-5-13-26-28)22(30)8-4-17-35(31,32)19-11-9-18(25)10-12-19/h3,5-7,9-14H,2,4,8,15-17H2,1H3. The first-order chi connectivity index (χ1) is 16.9. The monoisotopic (exact) mass is 516 g/mol. The minimum atomic E-state index is -3.62. The van der Waals surface area contributed by atoms with E-state index in [1.54, 1.807) is 21.8 Å². The number of carbonyl (C=O) groups is 1. The molecule has 4 aromatic rings. The van der Waals surface area contributed by atoms with Crippen molar-refractivity contribution in [2.45, 2.75) is 31.2 Å². The number of nitrogens with zero attached hydrogens (tertiary/aromatic N) is 4. The number of ether oxygens (including phenoxy) is 1. The van der Waals surface area contributed by atoms with Crippen molar-refractivity contribution in [2.75, 3.05) is 23.8 Å². The van der Waals surface area contributed by atoms with Crippen molar-refractivity contribution in [3.63, 3.8) is 0 Å². The number of thiazole rings is 1. The van der Waals surface area contributed by atoms with Crippen LogP contribution < -0.4 is 9.64 Å². The molecule has 0 unspecified atom stereocenters. The quantitative estimate of drug-likeness (QED) is 0.276. The van der Waals surface area contributed by atoms with E-state index >= 15 is 0 Å². The smallest absolute Gasteiger partial charge is 0.228 e. The zero-order valence-corrected chi connectivity index (χ0v) is 20.8. The van der Waals surface area contributed by atoms with Gasteiger partial charge in [0.1, 0.15) is 17.1 Å². The fraction of sp³-hybridized carbons (Fsp3) is 0.292. The number of benzene rings is 2. The number of hydrogen-bond donors (Lipinski definition) is 0. The molecule has 8 nitrogen and oxygen atoms in total. The van der Waals surface area contributed by atoms with Crippen LogP contribution >= 0.6 is 11.3 Å². The second kappa shape index (κ2) is 11.0. The summed E-state index contributed by atoms with van der Waals surface area (Å²) >= 11 is 1.38. The van der Waals surface area contributed by atoms with Crippen LogP contribution in [0.25, 0.3) is 10.2 Å². The topological polar surface area (TPSA) is 94.4 Å². The lowest BCUT2D eigenvalue weighted by atomic mass is 10.3. The zero-order valence-electron chi connectivity index (χ0n) is 19.1. The van der Waals surface area contributed by atoms with E-state index in [1.807, 2.05) is 31.3 Å². The predicted molar refractivity (Wildman–Crippen MR) is 133 cm³/mol. The second-order valence-corrected chi connectivity index (χ2v) is 10.8. The van der Waals surface area contributed by atoms with Gasteiger partial charge in [-0.05, 0) is 55.8 Å². The summed E-state index contributed by atoms with van der Waals surface area (Å²) in [6.07, 6.45) is 3.63. The highest BCUT2D eigenvalue weighted by atomic mass is 32.2. The van der Waals surface area contributed by atoms with Gasteiger partial charge in [-0.15, -0.1) is 0 Å². The average Bonchev–Trinajstić information content (AvgIpc) is 3.50. The Morgan fingerprint density at radius 2 is 1.97 bits per heavy atom. The number of halogens is 1. The van der Waals surface area contributed by atoms with Gasteiger partial charge in [-0.3, -0.25) is 14.4 Å². The summed E-state index contributed by atoms with van der Waals surface area (Å²) in [6.45, 7) is 3.18. The molecule has 4 rings (SSSR count). The third kappa shape index (κ3) is 6.04. The van der Waals surface area contributed by atoms with Crippen LogP contribution in [0.15, 0.2) is 65.8 Å². The first-order valence-corrected chi connectivity index (χ1v) is 13.6. The summed E-state index contributed by atoms with van der Waals surface area (Å²) in [6, 6.07) is 12.1. The maximum absolute atomic E-state index is 13.2. The van der Waals surface area contributed by atoms with Gasteiger partial charge in [0.05, 0.1) is 28.5 Å². The highest BCUT2D eigenvalue weighted by Crippen LogP contribution is 2.34. The molecule has 2 aromatic carbocycles. The Bertz CT molecular complexity index is 1390. The van der Waals surface area contributed by atoms with Crippen molar-refractivity contribution in [1.29, 1.82) is 0 Å². The average molecular weight is 517 g/mol. The number of amides is 1. The van der Waals surface area contributed by atoms with Gasteiger partial charge in [0.15, 0.2) is 15.0 Å². The van der Waals surface area contributed by atoms with E-state index in [-0.39, 0.29) is 29.4 Å². The molecule has 0 aliphatic carbocycles. The normalized spacial score (nSPS) is 11.6. The first kappa shape index (κ1) is 24.8. The Morgan fingerprint density at radius 3 is 2.69 bits per heavy atom. The molecule has 0 atom stereocenters. The van der Waals surface area contributed by atoms with E-state index in [9.17, 15) is 17.6 Å². The Morgan fingerprint density at radius 1 is 1.17 bits per heavy atom. The molecule has 184 valence electrons. The zero-order chi connectivity index (χ0) is 24.8. The van der Waals surface area contributed by atoms with Gasteiger partial charge >= 0.3 is 0 Å². The lowest BCUT2D eigenvalue weighted by Gasteiger charge is -2.20. The van der Waals surface area contributed by atoms with Crippen LogP contribution in [0.5, 0.6) is 5.75 Å². The van der Waals surface area contributed by atoms with Crippen LogP contribution in [-0.4, -0.2) is 48.0 Å². The number of aromatic nitrogens is 3. The summed E-state index contributed by atoms with van der Waals surface area (Å²) < 4.78 is 46.6. The van der Waals surface area contributed by atoms with Gasteiger partial charge in [-0.1, -0.05) is 17.4 Å². The van der Waals surface area contributed by atoms with E-state index in [2.05, 4.69) is 10.1 Å². The fourth-order valence-electron chi connectivity index (χ4n) is 3.57. The molecule has 2 heterocycles. The Balaban J connectivity index is 1.51. The van der Waals surface area contributed by atoms with Gasteiger partial charge in [-0.25, -0.2) is 17.8 Å². The minimum Gasteiger partial charge on any atom is -0.492 e. The van der Waals surface area contributed by atoms with Crippen molar-refractivity contribution in [1.82, 2.24) is 14.8 Å². The van der Waals surface area contributed by atoms with Gasteiger partial charge in [-0.2, -0.15) is 5.10 Å². The van der Waals surface area contributed by atoms with Crippen LogP contribution in [0.3, 0.4) is 0 Å². The lowest BCUT2D eigenvalue weighted by molar-refractivity contribution is -0.118. The van der Waals surface area contributed by atoms with Crippen molar-refractivity contribution in [3.8, 4) is 5.75 Å². The van der Waals surface area contributed by atoms with E-state index < -0.39 is 15.7 Å². The van der Waals surface area contributed by atoms with Crippen LogP contribution in [0.4, 0.5) is 9.52 Å². The molecule has 35 heavy (non-hydrogen) atoms. The predicted octanol–water partition coefficient (Wildman–Crippen LogP) is 4.32. The number of sulfone groups is 1. The third-order valence-electron chi connectivity index (χ3n) is 5.29. The highest BCUT2D eigenvalue weighted by Gasteiger charge is 2.22. The molecule has 0 spiro atoms. The number of rotatable bonds is 11. The Hall–Kier alpha value is -3.31. The largest absolute Gasteiger partial charge is 0.492 e. The molecule has 0 N–H and O–H groups in total. The lowest BCUT2D eigenvalue weighted by Crippen LogP contribution is -2.34. The van der Waals surface area contributed by atoms with Crippen LogP contribution in [0.1, 0.15) is 19.8 Å². The highest BCUT2D eigenvalue weighted by molar-refractivity contribution is 7.91. The summed E-state index contributed by atoms with van der Waals surface area (Å²) in [4.78, 5) is 19.5. The van der Waals surface area contributed by atoms with Gasteiger partial charge in [0, 0.05) is 25.4 Å². The number of hydrogen-bond acceptors (Lipinski definition) is 7. The number of anilines is 1. The third-order valence-corrected chi connectivity index (χ3v) is 8.15. The Kier molecular flexibility index (Phi) is 7.76. The van der Waals surface area contributed by atoms with Crippen molar-refractivity contribution >= 4 is 42.4 Å². The van der Waals surface area contributed by atoms with Crippen molar-refractivity contribution < 1.29 is 22.3 Å². The van der Waals surface area contributed by atoms with E-state index in [0.29, 0.717) is 36.1 Å². The maximum atomic E-state index is 13.2. The first-order valence-electron chi connectivity index (χ1n) is 11.2. The molecule has 0 saturated carbocycles. The van der Waals surface area contributed by atoms with Gasteiger partial charge in [0.2, 0.25) is 5.91 Å². The van der Waals surface area contributed by atoms with E-state index in [1.165, 1.54) is 23.5 Å². The SMILES string of the molecule is CCOc1cccc2sc(N(CCn3cccn3)C(=O)CCCS(=O)(=O)c3ccc(F)cc3)nc12. The maximum Gasteiger partial charge on any atom is 0.228 e. The molecule has 0 aliphatic rings. The molecule has 0 fully saturated rings. The molecule has 0 aliphatic heterocycles. The van der Waals surface area contributed by atoms with Gasteiger partial charge < -0.3 is 4.74 Å². The fourth-order valence-corrected chi connectivity index (χ4v) is 5.91. The van der Waals surface area contributed by atoms with Crippen molar-refractivity contribution in [2.24, 2.45) is 0 Å². The van der Waals surface area contributed by atoms with E-state index in [0.717, 1.165) is 16.8 Å². The van der Waals surface area contributed by atoms with E-state index in [4.69, 9.17) is 4.74 Å². The van der Waals surface area contributed by atoms with Crippen molar-refractivity contribution in [3.05, 3.63) is 66.7 Å². The molecule has 0 radical (unpaired) electrons. The van der Waals surface area contributed by atoms with Crippen LogP contribution in [0.2, 0.25) is 0 Å². The summed E-state index contributed by atoms with van der Waals surface area (Å²) in [5.74, 6) is -0.303. The summed E-state index contributed by atoms with van der Waals surface area (Å²) in [7, 11) is -3.62. The summed E-state index contributed by atoms with van der Waals surface area (Å²) in [5, 5.41) is 4.71. The second-order valence-electron chi connectivity index (χ2n) is 7.72. The van der Waals surface area contributed by atoms with Crippen LogP contribution in [-0.2, 0) is 21.2 Å².